The summed E-state index contributed by atoms with van der Waals surface area (Å²) in [4.78, 5) is 23.0. The molecule has 0 aliphatic rings. The minimum Gasteiger partial charge on any atom is -0.364 e. The highest BCUT2D eigenvalue weighted by atomic mass is 19.3. The second-order valence-corrected chi connectivity index (χ2v) is 2.44. The van der Waals surface area contributed by atoms with Crippen molar-refractivity contribution in [3.63, 3.8) is 0 Å². The van der Waals surface area contributed by atoms with E-state index in [-0.39, 0.29) is 0 Å². The Bertz CT molecular complexity index is 427. The van der Waals surface area contributed by atoms with Gasteiger partial charge < -0.3 is 10.7 Å². The number of aromatic amines is 1. The van der Waals surface area contributed by atoms with Crippen molar-refractivity contribution in [3.05, 3.63) is 33.5 Å². The molecule has 0 fully saturated rings. The molecule has 0 bridgehead atoms. The monoisotopic (exact) mass is 206 g/mol. The molecule has 0 aromatic carbocycles. The van der Waals surface area contributed by atoms with Gasteiger partial charge in [-0.25, -0.2) is 13.2 Å². The summed E-state index contributed by atoms with van der Waals surface area (Å²) in [6.45, 7) is 0. The van der Waals surface area contributed by atoms with Crippen LogP contribution >= 0.6 is 0 Å². The molecule has 0 saturated heterocycles. The minimum absolute atomic E-state index is 0.531. The van der Waals surface area contributed by atoms with E-state index in [0.29, 0.717) is 6.07 Å². The molecule has 4 nitrogen and oxygen atoms in total. The fourth-order valence-electron chi connectivity index (χ4n) is 0.846. The lowest BCUT2D eigenvalue weighted by Crippen LogP contribution is -2.21. The zero-order chi connectivity index (χ0) is 10.9. The standard InChI is InChI=1S/C7H5F3N2O2/c8-4-3(13)1-2(7(11)14)12-5(4)6(9)10/h1,6H,(H2,11,14)(H,12,13). The Kier molecular flexibility index (Phi) is 2.59. The van der Waals surface area contributed by atoms with E-state index in [9.17, 15) is 22.8 Å². The molecule has 1 rings (SSSR count). The van der Waals surface area contributed by atoms with Crippen molar-refractivity contribution in [3.8, 4) is 0 Å². The van der Waals surface area contributed by atoms with Crippen LogP contribution in [-0.2, 0) is 0 Å². The highest BCUT2D eigenvalue weighted by Gasteiger charge is 2.19. The normalized spacial score (nSPS) is 10.6. The summed E-state index contributed by atoms with van der Waals surface area (Å²) < 4.78 is 36.9. The van der Waals surface area contributed by atoms with Crippen LogP contribution in [0.15, 0.2) is 10.9 Å². The van der Waals surface area contributed by atoms with Crippen LogP contribution in [0.25, 0.3) is 0 Å². The van der Waals surface area contributed by atoms with Gasteiger partial charge >= 0.3 is 0 Å². The van der Waals surface area contributed by atoms with E-state index in [1.807, 2.05) is 0 Å². The van der Waals surface area contributed by atoms with E-state index in [4.69, 9.17) is 5.73 Å². The van der Waals surface area contributed by atoms with Gasteiger partial charge in [0.05, 0.1) is 0 Å². The SMILES string of the molecule is NC(=O)c1cc(=O)c(F)c(C(F)F)[nH]1. The zero-order valence-corrected chi connectivity index (χ0v) is 6.68. The number of rotatable bonds is 2. The van der Waals surface area contributed by atoms with Gasteiger partial charge in [-0.2, -0.15) is 0 Å². The smallest absolute Gasteiger partial charge is 0.281 e. The molecule has 0 aliphatic carbocycles. The third kappa shape index (κ3) is 1.76. The number of nitrogens with two attached hydrogens (primary N) is 1. The second-order valence-electron chi connectivity index (χ2n) is 2.44. The van der Waals surface area contributed by atoms with E-state index in [1.54, 1.807) is 4.98 Å². The van der Waals surface area contributed by atoms with E-state index < -0.39 is 35.0 Å². The third-order valence-electron chi connectivity index (χ3n) is 1.48. The van der Waals surface area contributed by atoms with Gasteiger partial charge in [0.25, 0.3) is 12.3 Å². The lowest BCUT2D eigenvalue weighted by Gasteiger charge is -2.03. The molecule has 1 aromatic rings. The first-order valence-electron chi connectivity index (χ1n) is 3.44. The fourth-order valence-corrected chi connectivity index (χ4v) is 0.846. The molecule has 0 radical (unpaired) electrons. The first-order chi connectivity index (χ1) is 6.43. The van der Waals surface area contributed by atoms with Crippen LogP contribution in [0.2, 0.25) is 0 Å². The van der Waals surface area contributed by atoms with Gasteiger partial charge in [-0.15, -0.1) is 0 Å². The number of pyridine rings is 1. The maximum absolute atomic E-state index is 12.7. The van der Waals surface area contributed by atoms with Crippen molar-refractivity contribution < 1.29 is 18.0 Å². The number of amides is 1. The predicted molar refractivity (Wildman–Crippen MR) is 40.5 cm³/mol. The molecule has 0 unspecified atom stereocenters. The Labute approximate surface area is 75.5 Å². The van der Waals surface area contributed by atoms with Gasteiger partial charge in [0.1, 0.15) is 11.4 Å². The van der Waals surface area contributed by atoms with Crippen molar-refractivity contribution in [2.45, 2.75) is 6.43 Å². The lowest BCUT2D eigenvalue weighted by atomic mass is 10.2. The highest BCUT2D eigenvalue weighted by molar-refractivity contribution is 5.90. The van der Waals surface area contributed by atoms with E-state index in [2.05, 4.69) is 0 Å². The van der Waals surface area contributed by atoms with Gasteiger partial charge in [0.15, 0.2) is 5.82 Å². The number of hydrogen-bond acceptors (Lipinski definition) is 2. The molecular weight excluding hydrogens is 201 g/mol. The highest BCUT2D eigenvalue weighted by Crippen LogP contribution is 2.17. The van der Waals surface area contributed by atoms with Crippen molar-refractivity contribution in [2.75, 3.05) is 0 Å². The number of halogens is 3. The van der Waals surface area contributed by atoms with Gasteiger partial charge in [-0.1, -0.05) is 0 Å². The first kappa shape index (κ1) is 10.3. The van der Waals surface area contributed by atoms with Crippen molar-refractivity contribution in [2.24, 2.45) is 5.73 Å². The molecule has 1 aromatic heterocycles. The number of hydrogen-bond donors (Lipinski definition) is 2. The van der Waals surface area contributed by atoms with E-state index >= 15 is 0 Å². The molecule has 1 heterocycles. The Morgan fingerprint density at radius 2 is 2.07 bits per heavy atom. The molecule has 76 valence electrons. The van der Waals surface area contributed by atoms with E-state index in [0.717, 1.165) is 0 Å². The summed E-state index contributed by atoms with van der Waals surface area (Å²) in [6.07, 6.45) is -3.21. The van der Waals surface area contributed by atoms with E-state index in [1.165, 1.54) is 0 Å². The summed E-state index contributed by atoms with van der Waals surface area (Å²) in [6, 6.07) is 0.531. The number of nitrogens with one attached hydrogen (secondary N) is 1. The lowest BCUT2D eigenvalue weighted by molar-refractivity contribution is 0.0992. The van der Waals surface area contributed by atoms with Crippen LogP contribution in [0, 0.1) is 5.82 Å². The van der Waals surface area contributed by atoms with Gasteiger partial charge in [0, 0.05) is 6.07 Å². The molecule has 14 heavy (non-hydrogen) atoms. The van der Waals surface area contributed by atoms with Gasteiger partial charge in [0.2, 0.25) is 5.43 Å². The van der Waals surface area contributed by atoms with Gasteiger partial charge in [-0.3, -0.25) is 9.59 Å². The average molecular weight is 206 g/mol. The topological polar surface area (TPSA) is 76.0 Å². The van der Waals surface area contributed by atoms with Crippen LogP contribution in [0.4, 0.5) is 13.2 Å². The molecular formula is C7H5F3N2O2. The molecule has 3 N–H and O–H groups in total. The van der Waals surface area contributed by atoms with Gasteiger partial charge in [-0.05, 0) is 0 Å². The quantitative estimate of drug-likeness (QED) is 0.741. The fraction of sp³-hybridized carbons (Fsp3) is 0.143. The minimum atomic E-state index is -3.21. The number of aromatic nitrogens is 1. The van der Waals surface area contributed by atoms with Crippen LogP contribution in [0.1, 0.15) is 22.6 Å². The number of carbonyl (C=O) groups excluding carboxylic acids is 1. The Morgan fingerprint density at radius 3 is 2.50 bits per heavy atom. The van der Waals surface area contributed by atoms with Crippen molar-refractivity contribution in [1.82, 2.24) is 4.98 Å². The average Bonchev–Trinajstić information content (AvgIpc) is 2.08. The summed E-state index contributed by atoms with van der Waals surface area (Å²) in [5.74, 6) is -2.71. The summed E-state index contributed by atoms with van der Waals surface area (Å²) in [5, 5.41) is 0. The van der Waals surface area contributed by atoms with Crippen LogP contribution in [0.3, 0.4) is 0 Å². The van der Waals surface area contributed by atoms with Crippen LogP contribution in [0.5, 0.6) is 0 Å². The third-order valence-corrected chi connectivity index (χ3v) is 1.48. The molecule has 0 saturated carbocycles. The van der Waals surface area contributed by atoms with Crippen molar-refractivity contribution >= 4 is 5.91 Å². The molecule has 1 amide bonds. The largest absolute Gasteiger partial charge is 0.364 e. The Balaban J connectivity index is 3.43. The first-order valence-corrected chi connectivity index (χ1v) is 3.44. The summed E-state index contributed by atoms with van der Waals surface area (Å²) in [5.41, 5.74) is 1.65. The zero-order valence-electron chi connectivity index (χ0n) is 6.68. The Morgan fingerprint density at radius 1 is 1.50 bits per heavy atom. The molecule has 0 atom stereocenters. The van der Waals surface area contributed by atoms with Crippen molar-refractivity contribution in [1.29, 1.82) is 0 Å². The Hall–Kier alpha value is -1.79. The molecule has 0 spiro atoms. The van der Waals surface area contributed by atoms with Crippen LogP contribution in [-0.4, -0.2) is 10.9 Å². The predicted octanol–water partition coefficient (Wildman–Crippen LogP) is 0.551. The molecule has 7 heteroatoms. The summed E-state index contributed by atoms with van der Waals surface area (Å²) in [7, 11) is 0. The number of H-pyrrole nitrogens is 1. The summed E-state index contributed by atoms with van der Waals surface area (Å²) >= 11 is 0. The number of alkyl halides is 2. The second kappa shape index (κ2) is 3.52. The maximum Gasteiger partial charge on any atom is 0.281 e. The maximum atomic E-state index is 12.7. The number of carbonyl (C=O) groups is 1. The molecule has 0 aliphatic heterocycles. The van der Waals surface area contributed by atoms with Crippen LogP contribution < -0.4 is 11.2 Å². The number of primary amides is 1.